The number of likely N-dealkylation sites (tertiary alicyclic amines) is 1. The molecule has 1 nitrogen and oxygen atoms in total. The molecule has 0 aromatic rings. The van der Waals surface area contributed by atoms with E-state index in [1.165, 1.54) is 45.2 Å². The number of hydrogen-bond acceptors (Lipinski definition) is 1. The minimum atomic E-state index is 0.906. The maximum absolute atomic E-state index is 2.67. The molecule has 11 heavy (non-hydrogen) atoms. The van der Waals surface area contributed by atoms with Crippen LogP contribution in [0.25, 0.3) is 0 Å². The molecule has 0 amide bonds. The summed E-state index contributed by atoms with van der Waals surface area (Å²) in [4.78, 5) is 2.67. The first kappa shape index (κ1) is 9.05. The summed E-state index contributed by atoms with van der Waals surface area (Å²) in [6, 6.07) is 0.906. The third kappa shape index (κ3) is 2.48. The molecular formula is C10H21N. The van der Waals surface area contributed by atoms with E-state index in [0.717, 1.165) is 6.04 Å². The fourth-order valence-electron chi connectivity index (χ4n) is 2.10. The van der Waals surface area contributed by atoms with Gasteiger partial charge in [-0.05, 0) is 38.8 Å². The molecule has 0 radical (unpaired) electrons. The Morgan fingerprint density at radius 3 is 2.73 bits per heavy atom. The molecule has 1 heteroatoms. The number of nitrogens with zero attached hydrogens (tertiary/aromatic N) is 1. The zero-order valence-corrected chi connectivity index (χ0v) is 7.97. The normalized spacial score (nSPS) is 27.3. The topological polar surface area (TPSA) is 3.24 Å². The van der Waals surface area contributed by atoms with Crippen LogP contribution in [-0.2, 0) is 0 Å². The fraction of sp³-hybridized carbons (Fsp3) is 1.00. The second-order valence-corrected chi connectivity index (χ2v) is 3.59. The van der Waals surface area contributed by atoms with E-state index < -0.39 is 0 Å². The standard InChI is InChI=1S/C10H21N/c1-3-8-11-9-6-5-7-10(11)4-2/h10H,3-9H2,1-2H3/t10-/m1/s1. The third-order valence-corrected chi connectivity index (χ3v) is 2.73. The van der Waals surface area contributed by atoms with E-state index in [0.29, 0.717) is 0 Å². The number of piperidine rings is 1. The summed E-state index contributed by atoms with van der Waals surface area (Å²) in [5.74, 6) is 0. The summed E-state index contributed by atoms with van der Waals surface area (Å²) >= 11 is 0. The van der Waals surface area contributed by atoms with Crippen LogP contribution in [0.1, 0.15) is 46.0 Å². The molecule has 1 atom stereocenters. The van der Waals surface area contributed by atoms with E-state index in [2.05, 4.69) is 18.7 Å². The summed E-state index contributed by atoms with van der Waals surface area (Å²) in [6.07, 6.45) is 6.99. The lowest BCUT2D eigenvalue weighted by Crippen LogP contribution is -2.39. The Balaban J connectivity index is 2.31. The summed E-state index contributed by atoms with van der Waals surface area (Å²) in [5.41, 5.74) is 0. The van der Waals surface area contributed by atoms with Crippen LogP contribution in [-0.4, -0.2) is 24.0 Å². The Morgan fingerprint density at radius 1 is 1.27 bits per heavy atom. The zero-order chi connectivity index (χ0) is 8.10. The molecule has 1 fully saturated rings. The van der Waals surface area contributed by atoms with E-state index in [1.54, 1.807) is 0 Å². The molecule has 0 aliphatic carbocycles. The smallest absolute Gasteiger partial charge is 0.00926 e. The lowest BCUT2D eigenvalue weighted by atomic mass is 10.00. The van der Waals surface area contributed by atoms with Crippen molar-refractivity contribution in [3.8, 4) is 0 Å². The Bertz CT molecular complexity index is 99.0. The molecule has 0 saturated carbocycles. The molecule has 1 rings (SSSR count). The van der Waals surface area contributed by atoms with Crippen LogP contribution in [0.15, 0.2) is 0 Å². The summed E-state index contributed by atoms with van der Waals surface area (Å²) < 4.78 is 0. The summed E-state index contributed by atoms with van der Waals surface area (Å²) in [7, 11) is 0. The molecule has 0 aromatic heterocycles. The highest BCUT2D eigenvalue weighted by Gasteiger charge is 2.18. The first-order chi connectivity index (χ1) is 5.38. The molecule has 1 heterocycles. The van der Waals surface area contributed by atoms with Gasteiger partial charge in [-0.15, -0.1) is 0 Å². The second kappa shape index (κ2) is 4.76. The minimum absolute atomic E-state index is 0.906. The van der Waals surface area contributed by atoms with Gasteiger partial charge >= 0.3 is 0 Å². The van der Waals surface area contributed by atoms with Gasteiger partial charge in [-0.3, -0.25) is 0 Å². The van der Waals surface area contributed by atoms with Crippen molar-refractivity contribution < 1.29 is 0 Å². The van der Waals surface area contributed by atoms with E-state index in [4.69, 9.17) is 0 Å². The molecule has 1 saturated heterocycles. The van der Waals surface area contributed by atoms with Crippen LogP contribution in [0.4, 0.5) is 0 Å². The molecule has 0 unspecified atom stereocenters. The minimum Gasteiger partial charge on any atom is -0.300 e. The van der Waals surface area contributed by atoms with Crippen molar-refractivity contribution in [1.29, 1.82) is 0 Å². The lowest BCUT2D eigenvalue weighted by Gasteiger charge is -2.34. The van der Waals surface area contributed by atoms with Crippen molar-refractivity contribution in [3.05, 3.63) is 0 Å². The van der Waals surface area contributed by atoms with Crippen LogP contribution < -0.4 is 0 Å². The van der Waals surface area contributed by atoms with Gasteiger partial charge in [0.2, 0.25) is 0 Å². The second-order valence-electron chi connectivity index (χ2n) is 3.59. The highest BCUT2D eigenvalue weighted by molar-refractivity contribution is 4.74. The van der Waals surface area contributed by atoms with Crippen LogP contribution in [0, 0.1) is 0 Å². The summed E-state index contributed by atoms with van der Waals surface area (Å²) in [5, 5.41) is 0. The van der Waals surface area contributed by atoms with Gasteiger partial charge in [-0.25, -0.2) is 0 Å². The van der Waals surface area contributed by atoms with Gasteiger partial charge in [0.25, 0.3) is 0 Å². The Morgan fingerprint density at radius 2 is 2.09 bits per heavy atom. The van der Waals surface area contributed by atoms with Crippen molar-refractivity contribution in [2.75, 3.05) is 13.1 Å². The van der Waals surface area contributed by atoms with E-state index in [-0.39, 0.29) is 0 Å². The number of rotatable bonds is 3. The highest BCUT2D eigenvalue weighted by Crippen LogP contribution is 2.18. The molecule has 1 aliphatic rings. The average molecular weight is 155 g/mol. The maximum Gasteiger partial charge on any atom is 0.00926 e. The molecule has 66 valence electrons. The predicted octanol–water partition coefficient (Wildman–Crippen LogP) is 2.66. The SMILES string of the molecule is CCCN1CCCC[C@H]1CC. The van der Waals surface area contributed by atoms with Crippen LogP contribution >= 0.6 is 0 Å². The van der Waals surface area contributed by atoms with Crippen molar-refractivity contribution >= 4 is 0 Å². The van der Waals surface area contributed by atoms with Gasteiger partial charge in [0.05, 0.1) is 0 Å². The lowest BCUT2D eigenvalue weighted by molar-refractivity contribution is 0.144. The van der Waals surface area contributed by atoms with Crippen LogP contribution in [0.5, 0.6) is 0 Å². The molecule has 0 aromatic carbocycles. The first-order valence-electron chi connectivity index (χ1n) is 5.12. The van der Waals surface area contributed by atoms with Gasteiger partial charge in [0.15, 0.2) is 0 Å². The van der Waals surface area contributed by atoms with Gasteiger partial charge in [0.1, 0.15) is 0 Å². The average Bonchev–Trinajstić information content (AvgIpc) is 2.06. The number of hydrogen-bond donors (Lipinski definition) is 0. The maximum atomic E-state index is 2.67. The summed E-state index contributed by atoms with van der Waals surface area (Å²) in [6.45, 7) is 7.27. The Hall–Kier alpha value is -0.0400. The third-order valence-electron chi connectivity index (χ3n) is 2.73. The Labute approximate surface area is 70.8 Å². The fourth-order valence-corrected chi connectivity index (χ4v) is 2.10. The van der Waals surface area contributed by atoms with Crippen LogP contribution in [0.2, 0.25) is 0 Å². The van der Waals surface area contributed by atoms with E-state index in [1.807, 2.05) is 0 Å². The van der Waals surface area contributed by atoms with E-state index >= 15 is 0 Å². The largest absolute Gasteiger partial charge is 0.300 e. The molecule has 0 spiro atoms. The molecule has 0 N–H and O–H groups in total. The van der Waals surface area contributed by atoms with Gasteiger partial charge < -0.3 is 4.90 Å². The molecular weight excluding hydrogens is 134 g/mol. The first-order valence-corrected chi connectivity index (χ1v) is 5.12. The monoisotopic (exact) mass is 155 g/mol. The van der Waals surface area contributed by atoms with Gasteiger partial charge in [-0.2, -0.15) is 0 Å². The van der Waals surface area contributed by atoms with Crippen molar-refractivity contribution in [2.24, 2.45) is 0 Å². The van der Waals surface area contributed by atoms with Gasteiger partial charge in [-0.1, -0.05) is 20.3 Å². The van der Waals surface area contributed by atoms with Crippen molar-refractivity contribution in [2.45, 2.75) is 52.0 Å². The van der Waals surface area contributed by atoms with Gasteiger partial charge in [0, 0.05) is 6.04 Å². The van der Waals surface area contributed by atoms with E-state index in [9.17, 15) is 0 Å². The zero-order valence-electron chi connectivity index (χ0n) is 7.97. The molecule has 1 aliphatic heterocycles. The quantitative estimate of drug-likeness (QED) is 0.605. The highest BCUT2D eigenvalue weighted by atomic mass is 15.2. The van der Waals surface area contributed by atoms with Crippen LogP contribution in [0.3, 0.4) is 0 Å². The molecule has 0 bridgehead atoms. The van der Waals surface area contributed by atoms with Crippen molar-refractivity contribution in [1.82, 2.24) is 4.90 Å². The predicted molar refractivity (Wildman–Crippen MR) is 49.8 cm³/mol. The Kier molecular flexibility index (Phi) is 3.92. The van der Waals surface area contributed by atoms with Crippen molar-refractivity contribution in [3.63, 3.8) is 0 Å².